The van der Waals surface area contributed by atoms with Crippen molar-refractivity contribution in [1.29, 1.82) is 0 Å². The van der Waals surface area contributed by atoms with E-state index in [0.717, 1.165) is 11.4 Å². The average Bonchev–Trinajstić information content (AvgIpc) is 2.18. The predicted molar refractivity (Wildman–Crippen MR) is 64.9 cm³/mol. The summed E-state index contributed by atoms with van der Waals surface area (Å²) in [4.78, 5) is 0.993. The van der Waals surface area contributed by atoms with Gasteiger partial charge in [-0.25, -0.2) is 4.39 Å². The molecule has 0 aliphatic carbocycles. The molecule has 1 rings (SSSR count). The third-order valence-corrected chi connectivity index (χ3v) is 3.65. The molecule has 3 heteroatoms. The van der Waals surface area contributed by atoms with Crippen LogP contribution < -0.4 is 5.32 Å². The van der Waals surface area contributed by atoms with Crippen LogP contribution in [0.25, 0.3) is 0 Å². The molecule has 2 unspecified atom stereocenters. The maximum absolute atomic E-state index is 12.9. The van der Waals surface area contributed by atoms with E-state index in [4.69, 9.17) is 0 Å². The Morgan fingerprint density at radius 3 is 2.73 bits per heavy atom. The van der Waals surface area contributed by atoms with Gasteiger partial charge in [0.15, 0.2) is 0 Å². The Bertz CT molecular complexity index is 303. The van der Waals surface area contributed by atoms with Crippen LogP contribution in [-0.4, -0.2) is 17.8 Å². The van der Waals surface area contributed by atoms with Crippen molar-refractivity contribution >= 4 is 11.8 Å². The lowest BCUT2D eigenvalue weighted by Gasteiger charge is -2.20. The lowest BCUT2D eigenvalue weighted by molar-refractivity contribution is 0.563. The van der Waals surface area contributed by atoms with E-state index in [1.807, 2.05) is 6.07 Å². The lowest BCUT2D eigenvalue weighted by atomic mass is 10.2. The van der Waals surface area contributed by atoms with E-state index in [1.54, 1.807) is 23.9 Å². The smallest absolute Gasteiger partial charge is 0.124 e. The van der Waals surface area contributed by atoms with Gasteiger partial charge in [-0.15, -0.1) is 11.8 Å². The SMILES string of the molecule is CCNC(C)C(C)Sc1cccc(F)c1. The second-order valence-electron chi connectivity index (χ2n) is 3.63. The number of halogens is 1. The molecule has 0 aromatic heterocycles. The topological polar surface area (TPSA) is 12.0 Å². The van der Waals surface area contributed by atoms with E-state index in [1.165, 1.54) is 6.07 Å². The average molecular weight is 227 g/mol. The van der Waals surface area contributed by atoms with Gasteiger partial charge in [-0.2, -0.15) is 0 Å². The highest BCUT2D eigenvalue weighted by Crippen LogP contribution is 2.25. The molecule has 1 aromatic carbocycles. The van der Waals surface area contributed by atoms with Gasteiger partial charge in [-0.05, 0) is 31.7 Å². The van der Waals surface area contributed by atoms with Gasteiger partial charge in [-0.1, -0.05) is 19.9 Å². The minimum Gasteiger partial charge on any atom is -0.313 e. The van der Waals surface area contributed by atoms with Crippen molar-refractivity contribution in [1.82, 2.24) is 5.32 Å². The minimum absolute atomic E-state index is 0.164. The number of thioether (sulfide) groups is 1. The Hall–Kier alpha value is -0.540. The quantitative estimate of drug-likeness (QED) is 0.775. The van der Waals surface area contributed by atoms with Crippen LogP contribution in [0.5, 0.6) is 0 Å². The lowest BCUT2D eigenvalue weighted by Crippen LogP contribution is -2.33. The summed E-state index contributed by atoms with van der Waals surface area (Å²) < 4.78 is 12.9. The zero-order valence-electron chi connectivity index (χ0n) is 9.46. The van der Waals surface area contributed by atoms with Gasteiger partial charge in [0.2, 0.25) is 0 Å². The third-order valence-electron chi connectivity index (χ3n) is 2.35. The summed E-state index contributed by atoms with van der Waals surface area (Å²) >= 11 is 1.70. The number of benzene rings is 1. The maximum Gasteiger partial charge on any atom is 0.124 e. The predicted octanol–water partition coefficient (Wildman–Crippen LogP) is 3.30. The maximum atomic E-state index is 12.9. The summed E-state index contributed by atoms with van der Waals surface area (Å²) in [6.07, 6.45) is 0. The Labute approximate surface area is 95.5 Å². The Morgan fingerprint density at radius 1 is 1.40 bits per heavy atom. The summed E-state index contributed by atoms with van der Waals surface area (Å²) in [5.74, 6) is -0.164. The van der Waals surface area contributed by atoms with Crippen LogP contribution in [-0.2, 0) is 0 Å². The fraction of sp³-hybridized carbons (Fsp3) is 0.500. The molecule has 0 heterocycles. The molecule has 0 aliphatic rings. The standard InChI is InChI=1S/C12H18FNS/c1-4-14-9(2)10(3)15-12-7-5-6-11(13)8-12/h5-10,14H,4H2,1-3H3. The van der Waals surface area contributed by atoms with Crippen molar-refractivity contribution in [3.63, 3.8) is 0 Å². The first kappa shape index (κ1) is 12.5. The molecule has 84 valence electrons. The monoisotopic (exact) mass is 227 g/mol. The fourth-order valence-corrected chi connectivity index (χ4v) is 2.41. The number of hydrogen-bond acceptors (Lipinski definition) is 2. The molecule has 0 saturated heterocycles. The van der Waals surface area contributed by atoms with E-state index >= 15 is 0 Å². The van der Waals surface area contributed by atoms with E-state index in [0.29, 0.717) is 11.3 Å². The Kier molecular flexibility index (Phi) is 5.12. The van der Waals surface area contributed by atoms with E-state index in [-0.39, 0.29) is 5.82 Å². The van der Waals surface area contributed by atoms with E-state index < -0.39 is 0 Å². The molecule has 0 amide bonds. The van der Waals surface area contributed by atoms with Crippen LogP contribution in [0, 0.1) is 5.82 Å². The largest absolute Gasteiger partial charge is 0.313 e. The van der Waals surface area contributed by atoms with E-state index in [9.17, 15) is 4.39 Å². The summed E-state index contributed by atoms with van der Waals surface area (Å²) in [5, 5.41) is 3.80. The fourth-order valence-electron chi connectivity index (χ4n) is 1.34. The van der Waals surface area contributed by atoms with Crippen molar-refractivity contribution < 1.29 is 4.39 Å². The van der Waals surface area contributed by atoms with Gasteiger partial charge >= 0.3 is 0 Å². The molecule has 2 atom stereocenters. The molecule has 0 spiro atoms. The zero-order chi connectivity index (χ0) is 11.3. The summed E-state index contributed by atoms with van der Waals surface area (Å²) in [5.41, 5.74) is 0. The first-order chi connectivity index (χ1) is 7.13. The second-order valence-corrected chi connectivity index (χ2v) is 5.08. The molecule has 0 bridgehead atoms. The van der Waals surface area contributed by atoms with Crippen molar-refractivity contribution in [3.05, 3.63) is 30.1 Å². The third kappa shape index (κ3) is 4.22. The van der Waals surface area contributed by atoms with Crippen LogP contribution in [0.3, 0.4) is 0 Å². The number of nitrogens with one attached hydrogen (secondary N) is 1. The molecule has 0 saturated carbocycles. The van der Waals surface area contributed by atoms with Crippen LogP contribution in [0.4, 0.5) is 4.39 Å². The van der Waals surface area contributed by atoms with Crippen LogP contribution in [0.1, 0.15) is 20.8 Å². The van der Waals surface area contributed by atoms with Crippen molar-refractivity contribution in [2.24, 2.45) is 0 Å². The molecule has 1 aromatic rings. The minimum atomic E-state index is -0.164. The van der Waals surface area contributed by atoms with Gasteiger partial charge in [0.25, 0.3) is 0 Å². The highest BCUT2D eigenvalue weighted by Gasteiger charge is 2.12. The van der Waals surface area contributed by atoms with Crippen LogP contribution in [0.15, 0.2) is 29.2 Å². The Balaban J connectivity index is 2.54. The summed E-state index contributed by atoms with van der Waals surface area (Å²) in [6.45, 7) is 7.37. The van der Waals surface area contributed by atoms with Gasteiger partial charge in [0.05, 0.1) is 0 Å². The molecule has 1 nitrogen and oxygen atoms in total. The first-order valence-electron chi connectivity index (χ1n) is 5.29. The van der Waals surface area contributed by atoms with Gasteiger partial charge in [0, 0.05) is 16.2 Å². The highest BCUT2D eigenvalue weighted by atomic mass is 32.2. The molecule has 0 aliphatic heterocycles. The highest BCUT2D eigenvalue weighted by molar-refractivity contribution is 8.00. The second kappa shape index (κ2) is 6.13. The normalized spacial score (nSPS) is 14.9. The molecule has 15 heavy (non-hydrogen) atoms. The first-order valence-corrected chi connectivity index (χ1v) is 6.17. The molecule has 0 fully saturated rings. The van der Waals surface area contributed by atoms with Crippen molar-refractivity contribution in [3.8, 4) is 0 Å². The Morgan fingerprint density at radius 2 is 2.13 bits per heavy atom. The van der Waals surface area contributed by atoms with Gasteiger partial charge in [0.1, 0.15) is 5.82 Å². The molecular formula is C12H18FNS. The summed E-state index contributed by atoms with van der Waals surface area (Å²) in [6, 6.07) is 7.19. The van der Waals surface area contributed by atoms with Gasteiger partial charge < -0.3 is 5.32 Å². The molecule has 1 N–H and O–H groups in total. The number of hydrogen-bond donors (Lipinski definition) is 1. The van der Waals surface area contributed by atoms with Crippen LogP contribution in [0.2, 0.25) is 0 Å². The van der Waals surface area contributed by atoms with E-state index in [2.05, 4.69) is 26.1 Å². The molecule has 0 radical (unpaired) electrons. The summed E-state index contributed by atoms with van der Waals surface area (Å²) in [7, 11) is 0. The zero-order valence-corrected chi connectivity index (χ0v) is 10.3. The molecular weight excluding hydrogens is 209 g/mol. The van der Waals surface area contributed by atoms with Gasteiger partial charge in [-0.3, -0.25) is 0 Å². The van der Waals surface area contributed by atoms with Crippen molar-refractivity contribution in [2.75, 3.05) is 6.54 Å². The van der Waals surface area contributed by atoms with Crippen molar-refractivity contribution in [2.45, 2.75) is 37.0 Å². The number of rotatable bonds is 5. The van der Waals surface area contributed by atoms with Crippen LogP contribution >= 0.6 is 11.8 Å².